The van der Waals surface area contributed by atoms with Gasteiger partial charge in [0.15, 0.2) is 23.3 Å². The van der Waals surface area contributed by atoms with Gasteiger partial charge in [-0.15, -0.1) is 0 Å². The van der Waals surface area contributed by atoms with E-state index >= 15 is 0 Å². The lowest BCUT2D eigenvalue weighted by Gasteiger charge is -2.08. The van der Waals surface area contributed by atoms with Crippen molar-refractivity contribution in [3.63, 3.8) is 0 Å². The molecular weight excluding hydrogens is 362 g/mol. The first-order valence-corrected chi connectivity index (χ1v) is 8.79. The van der Waals surface area contributed by atoms with Gasteiger partial charge in [-0.05, 0) is 53.6 Å². The normalized spacial score (nSPS) is 18.2. The third-order valence-electron chi connectivity index (χ3n) is 4.87. The Morgan fingerprint density at radius 3 is 2.25 bits per heavy atom. The quantitative estimate of drug-likeness (QED) is 0.544. The van der Waals surface area contributed by atoms with Gasteiger partial charge in [0.25, 0.3) is 0 Å². The molecule has 3 heterocycles. The van der Waals surface area contributed by atoms with Gasteiger partial charge in [0, 0.05) is 37.2 Å². The van der Waals surface area contributed by atoms with Crippen molar-refractivity contribution in [2.75, 3.05) is 0 Å². The molecule has 0 bridgehead atoms. The summed E-state index contributed by atoms with van der Waals surface area (Å²) in [5.74, 6) is -0.601. The minimum atomic E-state index is -0.903. The van der Waals surface area contributed by atoms with E-state index in [1.807, 2.05) is 0 Å². The smallest absolute Gasteiger partial charge is 0.197 e. The summed E-state index contributed by atoms with van der Waals surface area (Å²) in [5, 5.41) is 4.00. The molecule has 138 valence electrons. The number of nitrogens with zero attached hydrogens (tertiary/aromatic N) is 6. The second-order valence-electron chi connectivity index (χ2n) is 6.65. The fourth-order valence-electron chi connectivity index (χ4n) is 3.38. The van der Waals surface area contributed by atoms with Gasteiger partial charge in [0.1, 0.15) is 5.69 Å². The first kappa shape index (κ1) is 16.6. The molecule has 1 aliphatic carbocycles. The zero-order valence-electron chi connectivity index (χ0n) is 14.6. The lowest BCUT2D eigenvalue weighted by molar-refractivity contribution is 0.500. The highest BCUT2D eigenvalue weighted by Gasteiger charge is 2.40. The highest BCUT2D eigenvalue weighted by molar-refractivity contribution is 5.45. The predicted octanol–water partition coefficient (Wildman–Crippen LogP) is 3.67. The van der Waals surface area contributed by atoms with Crippen molar-refractivity contribution in [2.45, 2.75) is 18.3 Å². The highest BCUT2D eigenvalue weighted by atomic mass is 19.2. The van der Waals surface area contributed by atoms with Gasteiger partial charge in [-0.1, -0.05) is 0 Å². The highest BCUT2D eigenvalue weighted by Crippen LogP contribution is 2.54. The minimum Gasteiger partial charge on any atom is -0.238 e. The Kier molecular flexibility index (Phi) is 3.89. The second kappa shape index (κ2) is 6.56. The maximum Gasteiger partial charge on any atom is 0.197 e. The van der Waals surface area contributed by atoms with E-state index < -0.39 is 11.6 Å². The lowest BCUT2D eigenvalue weighted by atomic mass is 10.1. The van der Waals surface area contributed by atoms with Crippen LogP contribution in [0.5, 0.6) is 0 Å². The summed E-state index contributed by atoms with van der Waals surface area (Å²) in [5.41, 5.74) is 1.80. The van der Waals surface area contributed by atoms with Crippen LogP contribution in [0.2, 0.25) is 0 Å². The SMILES string of the molecule is Fc1cc(C2CC2c2cnc(-c3ncccn3)nc2)cc(-n2cccn2)c1F. The molecule has 28 heavy (non-hydrogen) atoms. The summed E-state index contributed by atoms with van der Waals surface area (Å²) < 4.78 is 29.7. The number of aromatic nitrogens is 6. The number of hydrogen-bond acceptors (Lipinski definition) is 5. The molecule has 2 unspecified atom stereocenters. The molecule has 3 aromatic heterocycles. The molecule has 0 amide bonds. The van der Waals surface area contributed by atoms with Crippen LogP contribution in [-0.2, 0) is 0 Å². The maximum absolute atomic E-state index is 14.2. The molecule has 1 saturated carbocycles. The van der Waals surface area contributed by atoms with Gasteiger partial charge in [0.05, 0.1) is 0 Å². The van der Waals surface area contributed by atoms with E-state index in [4.69, 9.17) is 0 Å². The van der Waals surface area contributed by atoms with E-state index in [-0.39, 0.29) is 17.5 Å². The predicted molar refractivity (Wildman–Crippen MR) is 96.6 cm³/mol. The molecule has 1 aliphatic rings. The molecule has 0 radical (unpaired) electrons. The van der Waals surface area contributed by atoms with E-state index in [9.17, 15) is 8.78 Å². The maximum atomic E-state index is 14.2. The monoisotopic (exact) mass is 376 g/mol. The van der Waals surface area contributed by atoms with Crippen LogP contribution >= 0.6 is 0 Å². The van der Waals surface area contributed by atoms with Gasteiger partial charge in [-0.3, -0.25) is 0 Å². The third kappa shape index (κ3) is 2.92. The Morgan fingerprint density at radius 1 is 0.821 bits per heavy atom. The first-order chi connectivity index (χ1) is 13.7. The number of hydrogen-bond donors (Lipinski definition) is 0. The Labute approximate surface area is 159 Å². The molecule has 2 atom stereocenters. The van der Waals surface area contributed by atoms with E-state index in [0.29, 0.717) is 11.6 Å². The summed E-state index contributed by atoms with van der Waals surface area (Å²) >= 11 is 0. The van der Waals surface area contributed by atoms with E-state index in [1.165, 1.54) is 16.9 Å². The summed E-state index contributed by atoms with van der Waals surface area (Å²) in [7, 11) is 0. The number of benzene rings is 1. The van der Waals surface area contributed by atoms with Crippen LogP contribution in [0, 0.1) is 11.6 Å². The number of halogens is 2. The average Bonchev–Trinajstić information content (AvgIpc) is 3.35. The van der Waals surface area contributed by atoms with Gasteiger partial charge < -0.3 is 0 Å². The topological polar surface area (TPSA) is 69.4 Å². The molecule has 0 N–H and O–H groups in total. The van der Waals surface area contributed by atoms with Crippen LogP contribution in [0.25, 0.3) is 17.3 Å². The Bertz CT molecular complexity index is 1110. The molecule has 1 aromatic carbocycles. The van der Waals surface area contributed by atoms with Crippen molar-refractivity contribution in [1.29, 1.82) is 0 Å². The fraction of sp³-hybridized carbons (Fsp3) is 0.150. The van der Waals surface area contributed by atoms with Crippen LogP contribution in [0.1, 0.15) is 29.4 Å². The molecule has 0 spiro atoms. The standard InChI is InChI=1S/C20H14F2N6/c21-16-7-12(8-17(18(16)22)28-6-2-5-27-28)14-9-15(14)13-10-25-20(26-11-13)19-23-3-1-4-24-19/h1-8,10-11,14-15H,9H2. The van der Waals surface area contributed by atoms with Crippen molar-refractivity contribution in [3.05, 3.63) is 84.2 Å². The van der Waals surface area contributed by atoms with Gasteiger partial charge in [0.2, 0.25) is 0 Å². The molecule has 0 saturated heterocycles. The van der Waals surface area contributed by atoms with Crippen molar-refractivity contribution in [3.8, 4) is 17.3 Å². The van der Waals surface area contributed by atoms with Gasteiger partial charge in [-0.25, -0.2) is 33.4 Å². The van der Waals surface area contributed by atoms with Crippen molar-refractivity contribution >= 4 is 0 Å². The Morgan fingerprint density at radius 2 is 1.54 bits per heavy atom. The fourth-order valence-corrected chi connectivity index (χ4v) is 3.38. The van der Waals surface area contributed by atoms with E-state index in [0.717, 1.165) is 17.5 Å². The zero-order valence-corrected chi connectivity index (χ0v) is 14.6. The molecule has 5 rings (SSSR count). The van der Waals surface area contributed by atoms with Crippen molar-refractivity contribution < 1.29 is 8.78 Å². The summed E-state index contributed by atoms with van der Waals surface area (Å²) in [6.07, 6.45) is 10.7. The van der Waals surface area contributed by atoms with Gasteiger partial charge in [-0.2, -0.15) is 5.10 Å². The molecule has 8 heteroatoms. The summed E-state index contributed by atoms with van der Waals surface area (Å²) in [4.78, 5) is 17.0. The van der Waals surface area contributed by atoms with Crippen LogP contribution in [0.3, 0.4) is 0 Å². The first-order valence-electron chi connectivity index (χ1n) is 8.79. The lowest BCUT2D eigenvalue weighted by Crippen LogP contribution is -2.02. The third-order valence-corrected chi connectivity index (χ3v) is 4.87. The van der Waals surface area contributed by atoms with Crippen LogP contribution in [0.15, 0.2) is 61.4 Å². The van der Waals surface area contributed by atoms with Gasteiger partial charge >= 0.3 is 0 Å². The Balaban J connectivity index is 1.40. The summed E-state index contributed by atoms with van der Waals surface area (Å²) in [6, 6.07) is 6.31. The van der Waals surface area contributed by atoms with Crippen LogP contribution < -0.4 is 0 Å². The Hall–Kier alpha value is -3.55. The second-order valence-corrected chi connectivity index (χ2v) is 6.65. The minimum absolute atomic E-state index is 0.0897. The molecule has 1 fully saturated rings. The van der Waals surface area contributed by atoms with E-state index in [2.05, 4.69) is 25.0 Å². The summed E-state index contributed by atoms with van der Waals surface area (Å²) in [6.45, 7) is 0. The molecule has 0 aliphatic heterocycles. The molecule has 6 nitrogen and oxygen atoms in total. The number of rotatable bonds is 4. The molecule has 4 aromatic rings. The molecular formula is C20H14F2N6. The largest absolute Gasteiger partial charge is 0.238 e. The van der Waals surface area contributed by atoms with E-state index in [1.54, 1.807) is 49.2 Å². The van der Waals surface area contributed by atoms with Crippen molar-refractivity contribution in [1.82, 2.24) is 29.7 Å². The van der Waals surface area contributed by atoms with Crippen molar-refractivity contribution in [2.24, 2.45) is 0 Å². The van der Waals surface area contributed by atoms with Crippen LogP contribution in [-0.4, -0.2) is 29.7 Å². The average molecular weight is 376 g/mol. The van der Waals surface area contributed by atoms with Crippen LogP contribution in [0.4, 0.5) is 8.78 Å². The zero-order chi connectivity index (χ0) is 19.1.